The Hall–Kier alpha value is -2.51. The molecule has 25 heavy (non-hydrogen) atoms. The number of carbonyl (C=O) groups is 1. The van der Waals surface area contributed by atoms with Crippen molar-refractivity contribution in [3.8, 4) is 11.3 Å². The number of benzene rings is 1. The van der Waals surface area contributed by atoms with Crippen LogP contribution in [0.3, 0.4) is 0 Å². The number of aromatic nitrogens is 3. The summed E-state index contributed by atoms with van der Waals surface area (Å²) in [5.41, 5.74) is 8.71. The summed E-state index contributed by atoms with van der Waals surface area (Å²) in [5, 5.41) is 5.34. The molecule has 3 aromatic rings. The van der Waals surface area contributed by atoms with Gasteiger partial charge >= 0.3 is 0 Å². The van der Waals surface area contributed by atoms with Crippen molar-refractivity contribution in [2.24, 2.45) is 5.73 Å². The molecule has 1 aliphatic rings. The number of anilines is 1. The number of nitrogens with zero attached hydrogens (tertiary/aromatic N) is 3. The molecule has 1 aromatic carbocycles. The van der Waals surface area contributed by atoms with Crippen LogP contribution in [0, 0.1) is 0 Å². The summed E-state index contributed by atoms with van der Waals surface area (Å²) in [4.78, 5) is 21.1. The molecular formula is C18H19N5OS. The van der Waals surface area contributed by atoms with Crippen LogP contribution < -0.4 is 11.1 Å². The number of carbonyl (C=O) groups excluding carboxylic acids is 1. The molecule has 0 fully saturated rings. The minimum atomic E-state index is -0.221. The maximum absolute atomic E-state index is 12.2. The number of hydrogen-bond donors (Lipinski definition) is 2. The highest BCUT2D eigenvalue weighted by molar-refractivity contribution is 7.09. The van der Waals surface area contributed by atoms with Crippen molar-refractivity contribution in [2.45, 2.75) is 32.4 Å². The van der Waals surface area contributed by atoms with Gasteiger partial charge in [-0.2, -0.15) is 0 Å². The number of hydrogen-bond acceptors (Lipinski definition) is 5. The molecule has 6 nitrogen and oxygen atoms in total. The number of nitrogens with one attached hydrogen (secondary N) is 1. The van der Waals surface area contributed by atoms with E-state index in [-0.39, 0.29) is 5.91 Å². The smallest absolute Gasteiger partial charge is 0.275 e. The third-order valence-corrected chi connectivity index (χ3v) is 5.18. The first kappa shape index (κ1) is 16.0. The molecule has 0 atom stereocenters. The van der Waals surface area contributed by atoms with Gasteiger partial charge in [0.05, 0.1) is 5.69 Å². The van der Waals surface area contributed by atoms with E-state index in [2.05, 4.69) is 21.1 Å². The number of thiazole rings is 1. The van der Waals surface area contributed by atoms with Crippen LogP contribution in [0.2, 0.25) is 0 Å². The third-order valence-electron chi connectivity index (χ3n) is 4.31. The molecule has 2 aromatic heterocycles. The number of amides is 1. The highest BCUT2D eigenvalue weighted by Gasteiger charge is 2.14. The number of aryl methyl sites for hydroxylation is 2. The SMILES string of the molecule is NCc1nc(C(=O)Nc2ccc(-c3cn4c(n3)CCCC4)cc2)cs1. The number of fused-ring (bicyclic) bond motifs is 1. The fourth-order valence-corrected chi connectivity index (χ4v) is 3.63. The summed E-state index contributed by atoms with van der Waals surface area (Å²) in [7, 11) is 0. The van der Waals surface area contributed by atoms with Gasteiger partial charge in [-0.1, -0.05) is 12.1 Å². The van der Waals surface area contributed by atoms with Crippen LogP contribution in [0.25, 0.3) is 11.3 Å². The molecule has 0 spiro atoms. The van der Waals surface area contributed by atoms with E-state index in [9.17, 15) is 4.79 Å². The Morgan fingerprint density at radius 2 is 2.08 bits per heavy atom. The highest BCUT2D eigenvalue weighted by atomic mass is 32.1. The van der Waals surface area contributed by atoms with Crippen LogP contribution in [0.5, 0.6) is 0 Å². The van der Waals surface area contributed by atoms with Gasteiger partial charge in [-0.25, -0.2) is 9.97 Å². The van der Waals surface area contributed by atoms with Crippen molar-refractivity contribution in [1.29, 1.82) is 0 Å². The first-order valence-corrected chi connectivity index (χ1v) is 9.23. The van der Waals surface area contributed by atoms with Gasteiger partial charge in [0.25, 0.3) is 5.91 Å². The monoisotopic (exact) mass is 353 g/mol. The lowest BCUT2D eigenvalue weighted by Gasteiger charge is -2.11. The van der Waals surface area contributed by atoms with Crippen molar-refractivity contribution >= 4 is 22.9 Å². The third kappa shape index (κ3) is 3.33. The Kier molecular flexibility index (Phi) is 4.33. The van der Waals surface area contributed by atoms with Crippen molar-refractivity contribution in [2.75, 3.05) is 5.32 Å². The van der Waals surface area contributed by atoms with Gasteiger partial charge in [-0.3, -0.25) is 4.79 Å². The second-order valence-corrected chi connectivity index (χ2v) is 7.00. The zero-order valence-corrected chi connectivity index (χ0v) is 14.6. The predicted molar refractivity (Wildman–Crippen MR) is 98.6 cm³/mol. The molecule has 3 heterocycles. The van der Waals surface area contributed by atoms with Crippen molar-refractivity contribution < 1.29 is 4.79 Å². The van der Waals surface area contributed by atoms with Crippen molar-refractivity contribution in [3.05, 3.63) is 52.4 Å². The Balaban J connectivity index is 1.48. The summed E-state index contributed by atoms with van der Waals surface area (Å²) >= 11 is 1.39. The average molecular weight is 353 g/mol. The first-order chi connectivity index (χ1) is 12.2. The quantitative estimate of drug-likeness (QED) is 0.755. The van der Waals surface area contributed by atoms with Gasteiger partial charge in [-0.15, -0.1) is 11.3 Å². The van der Waals surface area contributed by atoms with E-state index in [1.165, 1.54) is 24.2 Å². The molecule has 0 saturated heterocycles. The van der Waals surface area contributed by atoms with E-state index in [1.54, 1.807) is 5.38 Å². The van der Waals surface area contributed by atoms with Gasteiger partial charge in [0.15, 0.2) is 0 Å². The van der Waals surface area contributed by atoms with Gasteiger partial charge < -0.3 is 15.6 Å². The molecule has 128 valence electrons. The normalized spacial score (nSPS) is 13.5. The largest absolute Gasteiger partial charge is 0.334 e. The Morgan fingerprint density at radius 1 is 1.24 bits per heavy atom. The lowest BCUT2D eigenvalue weighted by Crippen LogP contribution is -2.12. The standard InChI is InChI=1S/C18H19N5OS/c19-9-17-22-15(11-25-17)18(24)20-13-6-4-12(5-7-13)14-10-23-8-2-1-3-16(23)21-14/h4-7,10-11H,1-3,8-9,19H2,(H,20,24). The van der Waals surface area contributed by atoms with E-state index in [0.29, 0.717) is 12.2 Å². The van der Waals surface area contributed by atoms with Crippen LogP contribution in [-0.4, -0.2) is 20.4 Å². The van der Waals surface area contributed by atoms with Crippen LogP contribution in [0.15, 0.2) is 35.8 Å². The lowest BCUT2D eigenvalue weighted by atomic mass is 10.1. The Labute approximate surface area is 149 Å². The topological polar surface area (TPSA) is 85.8 Å². The van der Waals surface area contributed by atoms with Crippen LogP contribution in [0.4, 0.5) is 5.69 Å². The highest BCUT2D eigenvalue weighted by Crippen LogP contribution is 2.24. The number of rotatable bonds is 4. The molecule has 1 amide bonds. The van der Waals surface area contributed by atoms with Crippen LogP contribution in [-0.2, 0) is 19.5 Å². The lowest BCUT2D eigenvalue weighted by molar-refractivity contribution is 0.102. The zero-order valence-electron chi connectivity index (χ0n) is 13.7. The van der Waals surface area contributed by atoms with E-state index in [1.807, 2.05) is 24.3 Å². The summed E-state index contributed by atoms with van der Waals surface area (Å²) in [5.74, 6) is 0.944. The molecule has 0 saturated carbocycles. The van der Waals surface area contributed by atoms with Gasteiger partial charge in [-0.05, 0) is 25.0 Å². The number of imidazole rings is 1. The molecule has 1 aliphatic heterocycles. The molecule has 0 radical (unpaired) electrons. The maximum atomic E-state index is 12.2. The zero-order chi connectivity index (χ0) is 17.2. The fourth-order valence-electron chi connectivity index (χ4n) is 2.98. The Morgan fingerprint density at radius 3 is 2.80 bits per heavy atom. The maximum Gasteiger partial charge on any atom is 0.275 e. The van der Waals surface area contributed by atoms with Crippen LogP contribution in [0.1, 0.15) is 34.2 Å². The molecule has 3 N–H and O–H groups in total. The van der Waals surface area contributed by atoms with E-state index >= 15 is 0 Å². The van der Waals surface area contributed by atoms with Crippen molar-refractivity contribution in [1.82, 2.24) is 14.5 Å². The molecule has 0 unspecified atom stereocenters. The average Bonchev–Trinajstić information content (AvgIpc) is 3.29. The fraction of sp³-hybridized carbons (Fsp3) is 0.278. The van der Waals surface area contributed by atoms with Gasteiger partial charge in [0.1, 0.15) is 16.5 Å². The van der Waals surface area contributed by atoms with E-state index in [0.717, 1.165) is 40.7 Å². The summed E-state index contributed by atoms with van der Waals surface area (Å²) < 4.78 is 2.24. The first-order valence-electron chi connectivity index (χ1n) is 8.35. The Bertz CT molecular complexity index is 873. The molecule has 0 bridgehead atoms. The van der Waals surface area contributed by atoms with Crippen LogP contribution >= 0.6 is 11.3 Å². The molecule has 4 rings (SSSR count). The summed E-state index contributed by atoms with van der Waals surface area (Å²) in [6.07, 6.45) is 5.60. The molecule has 0 aliphatic carbocycles. The second kappa shape index (κ2) is 6.78. The molecular weight excluding hydrogens is 334 g/mol. The second-order valence-electron chi connectivity index (χ2n) is 6.05. The minimum absolute atomic E-state index is 0.221. The summed E-state index contributed by atoms with van der Waals surface area (Å²) in [6.45, 7) is 1.40. The number of nitrogens with two attached hydrogens (primary N) is 1. The van der Waals surface area contributed by atoms with Crippen molar-refractivity contribution in [3.63, 3.8) is 0 Å². The summed E-state index contributed by atoms with van der Waals surface area (Å²) in [6, 6.07) is 7.75. The molecule has 7 heteroatoms. The minimum Gasteiger partial charge on any atom is -0.334 e. The van der Waals surface area contributed by atoms with E-state index < -0.39 is 0 Å². The van der Waals surface area contributed by atoms with Gasteiger partial charge in [0.2, 0.25) is 0 Å². The predicted octanol–water partition coefficient (Wildman–Crippen LogP) is 3.05. The van der Waals surface area contributed by atoms with E-state index in [4.69, 9.17) is 10.7 Å². The van der Waals surface area contributed by atoms with Gasteiger partial charge in [0, 0.05) is 42.3 Å².